The Balaban J connectivity index is 1.67. The summed E-state index contributed by atoms with van der Waals surface area (Å²) in [5, 5.41) is 0. The van der Waals surface area contributed by atoms with Gasteiger partial charge in [-0.25, -0.2) is 3.63 Å². The number of aryl methyl sites for hydroxylation is 1. The maximum absolute atomic E-state index is 14.1. The molecule has 1 aromatic heterocycles. The number of benzene rings is 4. The van der Waals surface area contributed by atoms with Gasteiger partial charge in [-0.1, -0.05) is 17.7 Å². The molecule has 7 nitrogen and oxygen atoms in total. The van der Waals surface area contributed by atoms with E-state index in [1.54, 1.807) is 36.7 Å². The van der Waals surface area contributed by atoms with Crippen molar-refractivity contribution in [1.82, 2.24) is 4.98 Å². The zero-order chi connectivity index (χ0) is 31.3. The van der Waals surface area contributed by atoms with Gasteiger partial charge in [-0.05, 0) is 120 Å². The fourth-order valence-electron chi connectivity index (χ4n) is 4.65. The summed E-state index contributed by atoms with van der Waals surface area (Å²) in [5.74, 6) is 0.658. The van der Waals surface area contributed by atoms with Gasteiger partial charge < -0.3 is 14.5 Å². The van der Waals surface area contributed by atoms with Crippen LogP contribution in [-0.2, 0) is 20.4 Å². The van der Waals surface area contributed by atoms with Gasteiger partial charge in [0.1, 0.15) is 12.4 Å². The predicted octanol–water partition coefficient (Wildman–Crippen LogP) is 7.70. The van der Waals surface area contributed by atoms with Crippen molar-refractivity contribution in [3.05, 3.63) is 133 Å². The molecule has 0 aliphatic rings. The topological polar surface area (TPSA) is 72.0 Å². The van der Waals surface area contributed by atoms with Crippen molar-refractivity contribution in [2.24, 2.45) is 0 Å². The molecule has 4 aromatic carbocycles. The Hall–Kier alpha value is -4.31. The Morgan fingerprint density at radius 1 is 0.591 bits per heavy atom. The van der Waals surface area contributed by atoms with Crippen LogP contribution in [0.2, 0.25) is 0 Å². The first-order valence-corrected chi connectivity index (χ1v) is 17.1. The molecule has 0 saturated carbocycles. The molecule has 1 heterocycles. The van der Waals surface area contributed by atoms with Gasteiger partial charge in [0.15, 0.2) is 0 Å². The van der Waals surface area contributed by atoms with Gasteiger partial charge in [0, 0.05) is 66.6 Å². The van der Waals surface area contributed by atoms with Gasteiger partial charge in [-0.3, -0.25) is 4.98 Å². The van der Waals surface area contributed by atoms with Gasteiger partial charge in [0.05, 0.1) is 4.90 Å². The van der Waals surface area contributed by atoms with Crippen LogP contribution < -0.4 is 14.5 Å². The highest BCUT2D eigenvalue weighted by atomic mass is 32.3. The Morgan fingerprint density at radius 3 is 1.48 bits per heavy atom. The van der Waals surface area contributed by atoms with Crippen molar-refractivity contribution < 1.29 is 16.8 Å². The molecule has 0 radical (unpaired) electrons. The standard InChI is InChI=1S/C35H37N3O4S2/c1-27-6-14-35(15-7-27)44(39,40)42-43(32-16-8-29(9-17-32)37(2)3,33-18-10-30(11-19-33)38(4)5)34-20-12-31(13-21-34)41-26-28-22-24-36-25-23-28/h6-25H,26H2,1-5H3. The van der Waals surface area contributed by atoms with Crippen LogP contribution in [0.1, 0.15) is 11.1 Å². The largest absolute Gasteiger partial charge is 0.489 e. The molecule has 0 bridgehead atoms. The van der Waals surface area contributed by atoms with Crippen molar-refractivity contribution in [3.8, 4) is 5.75 Å². The predicted molar refractivity (Wildman–Crippen MR) is 178 cm³/mol. The summed E-state index contributed by atoms with van der Waals surface area (Å²) in [5.41, 5.74) is 3.94. The maximum Gasteiger partial charge on any atom is 0.307 e. The molecule has 0 atom stereocenters. The van der Waals surface area contributed by atoms with Gasteiger partial charge in [0.25, 0.3) is 0 Å². The van der Waals surface area contributed by atoms with Gasteiger partial charge >= 0.3 is 10.1 Å². The Bertz CT molecular complexity index is 1720. The molecule has 9 heteroatoms. The summed E-state index contributed by atoms with van der Waals surface area (Å²) in [6, 6.07) is 33.9. The van der Waals surface area contributed by atoms with E-state index in [4.69, 9.17) is 8.37 Å². The Morgan fingerprint density at radius 2 is 1.02 bits per heavy atom. The SMILES string of the molecule is Cc1ccc(S(=O)(=O)OS(c2ccc(OCc3ccncc3)cc2)(c2ccc(N(C)C)cc2)c2ccc(N(C)C)cc2)cc1. The van der Waals surface area contributed by atoms with Crippen LogP contribution in [0, 0.1) is 6.92 Å². The lowest BCUT2D eigenvalue weighted by Crippen LogP contribution is -2.15. The quantitative estimate of drug-likeness (QED) is 0.149. The minimum Gasteiger partial charge on any atom is -0.489 e. The van der Waals surface area contributed by atoms with E-state index in [1.165, 1.54) is 0 Å². The first kappa shape index (κ1) is 31.1. The number of ether oxygens (including phenoxy) is 1. The molecule has 0 unspecified atom stereocenters. The molecule has 0 saturated heterocycles. The van der Waals surface area contributed by atoms with Crippen molar-refractivity contribution in [2.75, 3.05) is 38.0 Å². The number of nitrogens with zero attached hydrogens (tertiary/aromatic N) is 3. The van der Waals surface area contributed by atoms with Gasteiger partial charge in [0.2, 0.25) is 0 Å². The third-order valence-electron chi connectivity index (χ3n) is 7.18. The fourth-order valence-corrected chi connectivity index (χ4v) is 9.83. The number of aromatic nitrogens is 1. The van der Waals surface area contributed by atoms with Crippen LogP contribution in [0.4, 0.5) is 11.4 Å². The molecule has 5 aromatic rings. The highest BCUT2D eigenvalue weighted by Crippen LogP contribution is 2.70. The van der Waals surface area contributed by atoms with Crippen LogP contribution in [0.25, 0.3) is 0 Å². The molecular weight excluding hydrogens is 591 g/mol. The lowest BCUT2D eigenvalue weighted by molar-refractivity contribution is 0.306. The summed E-state index contributed by atoms with van der Waals surface area (Å²) in [7, 11) is 0.866. The van der Waals surface area contributed by atoms with Crippen LogP contribution in [0.5, 0.6) is 5.75 Å². The molecule has 44 heavy (non-hydrogen) atoms. The molecule has 0 spiro atoms. The van der Waals surface area contributed by atoms with Crippen LogP contribution in [0.3, 0.4) is 0 Å². The summed E-state index contributed by atoms with van der Waals surface area (Å²) < 4.78 is 40.8. The lowest BCUT2D eigenvalue weighted by atomic mass is 10.2. The molecule has 228 valence electrons. The van der Waals surface area contributed by atoms with Crippen LogP contribution in [-0.4, -0.2) is 41.6 Å². The smallest absolute Gasteiger partial charge is 0.307 e. The number of anilines is 2. The molecule has 0 N–H and O–H groups in total. The van der Waals surface area contributed by atoms with Crippen molar-refractivity contribution >= 4 is 31.8 Å². The van der Waals surface area contributed by atoms with E-state index < -0.39 is 20.4 Å². The van der Waals surface area contributed by atoms with E-state index in [1.807, 2.05) is 130 Å². The van der Waals surface area contributed by atoms with Gasteiger partial charge in [-0.2, -0.15) is 8.42 Å². The molecule has 5 rings (SSSR count). The van der Waals surface area contributed by atoms with Crippen molar-refractivity contribution in [1.29, 1.82) is 0 Å². The summed E-state index contributed by atoms with van der Waals surface area (Å²) >= 11 is 0. The molecule has 0 amide bonds. The second-order valence-electron chi connectivity index (χ2n) is 10.8. The lowest BCUT2D eigenvalue weighted by Gasteiger charge is -2.39. The minimum atomic E-state index is -4.21. The normalized spacial score (nSPS) is 12.0. The summed E-state index contributed by atoms with van der Waals surface area (Å²) in [4.78, 5) is 10.4. The fraction of sp³-hybridized carbons (Fsp3) is 0.171. The third kappa shape index (κ3) is 6.75. The van der Waals surface area contributed by atoms with E-state index in [2.05, 4.69) is 4.98 Å². The van der Waals surface area contributed by atoms with E-state index in [9.17, 15) is 8.42 Å². The second-order valence-corrected chi connectivity index (χ2v) is 15.2. The van der Waals surface area contributed by atoms with Crippen LogP contribution in [0.15, 0.2) is 141 Å². The monoisotopic (exact) mass is 627 g/mol. The molecular formula is C35H37N3O4S2. The number of pyridine rings is 1. The zero-order valence-corrected chi connectivity index (χ0v) is 27.2. The van der Waals surface area contributed by atoms with Crippen molar-refractivity contribution in [3.63, 3.8) is 0 Å². The Labute approximate surface area is 262 Å². The Kier molecular flexibility index (Phi) is 9.29. The minimum absolute atomic E-state index is 0.104. The zero-order valence-electron chi connectivity index (χ0n) is 25.5. The number of rotatable bonds is 11. The van der Waals surface area contributed by atoms with Crippen LogP contribution >= 0.6 is 10.3 Å². The van der Waals surface area contributed by atoms with E-state index >= 15 is 0 Å². The number of hydrogen-bond donors (Lipinski definition) is 0. The van der Waals surface area contributed by atoms with Gasteiger partial charge in [-0.15, -0.1) is 0 Å². The average molecular weight is 628 g/mol. The van der Waals surface area contributed by atoms with E-state index in [-0.39, 0.29) is 4.90 Å². The summed E-state index contributed by atoms with van der Waals surface area (Å²) in [6.07, 6.45) is 3.46. The highest BCUT2D eigenvalue weighted by molar-refractivity contribution is 8.33. The first-order chi connectivity index (χ1) is 21.1. The number of hydrogen-bond acceptors (Lipinski definition) is 7. The third-order valence-corrected chi connectivity index (χ3v) is 12.4. The molecule has 0 fully saturated rings. The first-order valence-electron chi connectivity index (χ1n) is 14.1. The van der Waals surface area contributed by atoms with E-state index in [0.717, 1.165) is 37.2 Å². The second kappa shape index (κ2) is 13.1. The average Bonchev–Trinajstić information content (AvgIpc) is 3.04. The molecule has 0 aliphatic carbocycles. The summed E-state index contributed by atoms with van der Waals surface area (Å²) in [6.45, 7) is 2.31. The highest BCUT2D eigenvalue weighted by Gasteiger charge is 2.38. The maximum atomic E-state index is 14.1. The van der Waals surface area contributed by atoms with Crippen molar-refractivity contribution in [2.45, 2.75) is 33.1 Å². The molecule has 0 aliphatic heterocycles. The van der Waals surface area contributed by atoms with E-state index in [0.29, 0.717) is 12.4 Å².